The third-order valence-electron chi connectivity index (χ3n) is 2.72. The Morgan fingerprint density at radius 3 is 2.45 bits per heavy atom. The number of ether oxygens (including phenoxy) is 1. The van der Waals surface area contributed by atoms with Crippen LogP contribution in [0.1, 0.15) is 37.1 Å². The van der Waals surface area contributed by atoms with Gasteiger partial charge in [0.2, 0.25) is 0 Å². The van der Waals surface area contributed by atoms with Crippen LogP contribution in [0.4, 0.5) is 5.69 Å². The molecule has 0 spiro atoms. The second-order valence-corrected chi connectivity index (χ2v) is 4.76. The fourth-order valence-corrected chi connectivity index (χ4v) is 1.77. The first-order valence-electron chi connectivity index (χ1n) is 6.75. The van der Waals surface area contributed by atoms with Crippen molar-refractivity contribution in [1.82, 2.24) is 0 Å². The van der Waals surface area contributed by atoms with Gasteiger partial charge in [-0.3, -0.25) is 4.79 Å². The molecule has 1 amide bonds. The highest BCUT2D eigenvalue weighted by Crippen LogP contribution is 2.18. The SMILES string of the molecule is CCc1ccc(C(=O)Nc2ccc(OC(C)C)cc2)o1. The number of hydrogen-bond donors (Lipinski definition) is 1. The zero-order valence-corrected chi connectivity index (χ0v) is 12.0. The van der Waals surface area contributed by atoms with Crippen LogP contribution in [0, 0.1) is 0 Å². The number of hydrogen-bond acceptors (Lipinski definition) is 3. The summed E-state index contributed by atoms with van der Waals surface area (Å²) < 4.78 is 11.0. The molecule has 4 nitrogen and oxygen atoms in total. The third-order valence-corrected chi connectivity index (χ3v) is 2.72. The van der Waals surface area contributed by atoms with E-state index in [1.807, 2.05) is 39.0 Å². The van der Waals surface area contributed by atoms with Crippen LogP contribution in [0.25, 0.3) is 0 Å². The molecule has 2 aromatic rings. The summed E-state index contributed by atoms with van der Waals surface area (Å²) in [6, 6.07) is 10.8. The minimum atomic E-state index is -0.248. The van der Waals surface area contributed by atoms with Gasteiger partial charge in [0.15, 0.2) is 5.76 Å². The van der Waals surface area contributed by atoms with E-state index in [0.717, 1.165) is 17.9 Å². The van der Waals surface area contributed by atoms with Gasteiger partial charge >= 0.3 is 0 Å². The lowest BCUT2D eigenvalue weighted by Gasteiger charge is -2.10. The van der Waals surface area contributed by atoms with Crippen molar-refractivity contribution in [3.63, 3.8) is 0 Å². The first-order valence-corrected chi connectivity index (χ1v) is 6.75. The molecule has 0 fully saturated rings. The van der Waals surface area contributed by atoms with Crippen molar-refractivity contribution in [2.45, 2.75) is 33.3 Å². The summed E-state index contributed by atoms with van der Waals surface area (Å²) in [6.07, 6.45) is 0.903. The van der Waals surface area contributed by atoms with Crippen molar-refractivity contribution in [2.24, 2.45) is 0 Å². The normalized spacial score (nSPS) is 10.6. The van der Waals surface area contributed by atoms with Crippen LogP contribution in [0.5, 0.6) is 5.75 Å². The topological polar surface area (TPSA) is 51.5 Å². The number of carbonyl (C=O) groups is 1. The highest BCUT2D eigenvalue weighted by Gasteiger charge is 2.10. The summed E-state index contributed by atoms with van der Waals surface area (Å²) in [4.78, 5) is 12.0. The van der Waals surface area contributed by atoms with Crippen LogP contribution in [0.15, 0.2) is 40.8 Å². The molecule has 106 valence electrons. The monoisotopic (exact) mass is 273 g/mol. The zero-order valence-electron chi connectivity index (χ0n) is 12.0. The first-order chi connectivity index (χ1) is 9.58. The number of aryl methyl sites for hydroxylation is 1. The van der Waals surface area contributed by atoms with Gasteiger partial charge in [0.05, 0.1) is 6.10 Å². The van der Waals surface area contributed by atoms with Gasteiger partial charge in [-0.1, -0.05) is 6.92 Å². The van der Waals surface area contributed by atoms with Crippen LogP contribution in [0.3, 0.4) is 0 Å². The van der Waals surface area contributed by atoms with E-state index < -0.39 is 0 Å². The smallest absolute Gasteiger partial charge is 0.291 e. The molecule has 0 aliphatic rings. The molecule has 0 saturated carbocycles. The maximum atomic E-state index is 12.0. The van der Waals surface area contributed by atoms with Gasteiger partial charge in [-0.05, 0) is 50.2 Å². The Kier molecular flexibility index (Phi) is 4.45. The molecule has 0 aliphatic heterocycles. The fourth-order valence-electron chi connectivity index (χ4n) is 1.77. The Morgan fingerprint density at radius 2 is 1.90 bits per heavy atom. The average molecular weight is 273 g/mol. The van der Waals surface area contributed by atoms with E-state index in [1.54, 1.807) is 18.2 Å². The first kappa shape index (κ1) is 14.2. The maximum absolute atomic E-state index is 12.0. The van der Waals surface area contributed by atoms with Crippen molar-refractivity contribution in [1.29, 1.82) is 0 Å². The molecule has 0 saturated heterocycles. The van der Waals surface area contributed by atoms with E-state index in [2.05, 4.69) is 5.32 Å². The van der Waals surface area contributed by atoms with Crippen LogP contribution < -0.4 is 10.1 Å². The van der Waals surface area contributed by atoms with E-state index in [4.69, 9.17) is 9.15 Å². The molecular formula is C16H19NO3. The molecule has 0 radical (unpaired) electrons. The zero-order chi connectivity index (χ0) is 14.5. The number of rotatable bonds is 5. The van der Waals surface area contributed by atoms with Gasteiger partial charge < -0.3 is 14.5 Å². The van der Waals surface area contributed by atoms with Gasteiger partial charge in [0, 0.05) is 12.1 Å². The predicted octanol–water partition coefficient (Wildman–Crippen LogP) is 3.88. The van der Waals surface area contributed by atoms with Gasteiger partial charge in [-0.25, -0.2) is 0 Å². The second-order valence-electron chi connectivity index (χ2n) is 4.76. The van der Waals surface area contributed by atoms with Crippen molar-refractivity contribution in [3.8, 4) is 5.75 Å². The summed E-state index contributed by atoms with van der Waals surface area (Å²) in [5.41, 5.74) is 0.709. The van der Waals surface area contributed by atoms with E-state index in [-0.39, 0.29) is 12.0 Å². The van der Waals surface area contributed by atoms with Crippen molar-refractivity contribution < 1.29 is 13.9 Å². The highest BCUT2D eigenvalue weighted by atomic mass is 16.5. The van der Waals surface area contributed by atoms with Gasteiger partial charge in [-0.15, -0.1) is 0 Å². The number of benzene rings is 1. The number of amides is 1. The Labute approximate surface area is 118 Å². The summed E-state index contributed by atoms with van der Waals surface area (Å²) in [7, 11) is 0. The predicted molar refractivity (Wildman–Crippen MR) is 78.2 cm³/mol. The summed E-state index contributed by atoms with van der Waals surface area (Å²) >= 11 is 0. The van der Waals surface area contributed by atoms with E-state index in [9.17, 15) is 4.79 Å². The van der Waals surface area contributed by atoms with E-state index in [1.165, 1.54) is 0 Å². The molecule has 0 bridgehead atoms. The largest absolute Gasteiger partial charge is 0.491 e. The summed E-state index contributed by atoms with van der Waals surface area (Å²) in [5, 5.41) is 2.79. The summed E-state index contributed by atoms with van der Waals surface area (Å²) in [5.74, 6) is 1.66. The van der Waals surface area contributed by atoms with Crippen LogP contribution in [-0.2, 0) is 6.42 Å². The van der Waals surface area contributed by atoms with Crippen molar-refractivity contribution in [3.05, 3.63) is 47.9 Å². The number of anilines is 1. The Balaban J connectivity index is 2.00. The highest BCUT2D eigenvalue weighted by molar-refractivity contribution is 6.02. The molecule has 0 unspecified atom stereocenters. The molecule has 1 aromatic heterocycles. The van der Waals surface area contributed by atoms with Crippen LogP contribution in [-0.4, -0.2) is 12.0 Å². The van der Waals surface area contributed by atoms with Gasteiger partial charge in [0.1, 0.15) is 11.5 Å². The molecule has 4 heteroatoms. The number of nitrogens with one attached hydrogen (secondary N) is 1. The van der Waals surface area contributed by atoms with Crippen LogP contribution >= 0.6 is 0 Å². The molecule has 1 aromatic carbocycles. The molecule has 1 heterocycles. The average Bonchev–Trinajstić information content (AvgIpc) is 2.89. The Morgan fingerprint density at radius 1 is 1.20 bits per heavy atom. The van der Waals surface area contributed by atoms with Crippen molar-refractivity contribution in [2.75, 3.05) is 5.32 Å². The van der Waals surface area contributed by atoms with E-state index >= 15 is 0 Å². The Bertz CT molecular complexity index is 570. The lowest BCUT2D eigenvalue weighted by Crippen LogP contribution is -2.11. The number of carbonyl (C=O) groups excluding carboxylic acids is 1. The molecular weight excluding hydrogens is 254 g/mol. The quantitative estimate of drug-likeness (QED) is 0.899. The van der Waals surface area contributed by atoms with Crippen molar-refractivity contribution >= 4 is 11.6 Å². The second kappa shape index (κ2) is 6.28. The minimum absolute atomic E-state index is 0.131. The van der Waals surface area contributed by atoms with Gasteiger partial charge in [-0.2, -0.15) is 0 Å². The Hall–Kier alpha value is -2.23. The summed E-state index contributed by atoms with van der Waals surface area (Å²) in [6.45, 7) is 5.92. The molecule has 2 rings (SSSR count). The van der Waals surface area contributed by atoms with Crippen LogP contribution in [0.2, 0.25) is 0 Å². The molecule has 0 aliphatic carbocycles. The fraction of sp³-hybridized carbons (Fsp3) is 0.312. The molecule has 0 atom stereocenters. The minimum Gasteiger partial charge on any atom is -0.491 e. The molecule has 20 heavy (non-hydrogen) atoms. The lowest BCUT2D eigenvalue weighted by molar-refractivity contribution is 0.0995. The van der Waals surface area contributed by atoms with E-state index in [0.29, 0.717) is 11.4 Å². The lowest BCUT2D eigenvalue weighted by atomic mass is 10.3. The standard InChI is InChI=1S/C16H19NO3/c1-4-13-9-10-15(20-13)16(18)17-12-5-7-14(8-6-12)19-11(2)3/h5-11H,4H2,1-3H3,(H,17,18). The van der Waals surface area contributed by atoms with Gasteiger partial charge in [0.25, 0.3) is 5.91 Å². The third kappa shape index (κ3) is 3.63. The maximum Gasteiger partial charge on any atom is 0.291 e. The number of furan rings is 1. The molecule has 1 N–H and O–H groups in total.